The van der Waals surface area contributed by atoms with Gasteiger partial charge in [0.1, 0.15) is 5.82 Å². The van der Waals surface area contributed by atoms with Gasteiger partial charge < -0.3 is 10.4 Å². The molecule has 0 saturated carbocycles. The monoisotopic (exact) mass is 211 g/mol. The average molecular weight is 211 g/mol. The summed E-state index contributed by atoms with van der Waals surface area (Å²) in [5, 5.41) is 12.2. The van der Waals surface area contributed by atoms with Crippen LogP contribution in [0.1, 0.15) is 31.9 Å². The minimum Gasteiger partial charge on any atom is -0.395 e. The van der Waals surface area contributed by atoms with Crippen LogP contribution in [0.4, 0.5) is 4.39 Å². The Morgan fingerprint density at radius 1 is 1.33 bits per heavy atom. The first kappa shape index (κ1) is 12.1. The Labute approximate surface area is 90.1 Å². The number of hydrogen-bond donors (Lipinski definition) is 2. The minimum atomic E-state index is -0.219. The van der Waals surface area contributed by atoms with Crippen molar-refractivity contribution in [2.75, 3.05) is 6.61 Å². The van der Waals surface area contributed by atoms with Crippen molar-refractivity contribution in [3.8, 4) is 0 Å². The Hall–Kier alpha value is -0.930. The molecular weight excluding hydrogens is 193 g/mol. The number of nitrogens with one attached hydrogen (secondary N) is 1. The molecule has 0 aliphatic carbocycles. The standard InChI is InChI=1S/C12H18FNO/c1-3-12(14-9(2)8-15)10-4-6-11(13)7-5-10/h4-7,9,12,14-15H,3,8H2,1-2H3/t9-,12?/m1/s1. The van der Waals surface area contributed by atoms with E-state index in [0.29, 0.717) is 0 Å². The average Bonchev–Trinajstić information content (AvgIpc) is 2.27. The minimum absolute atomic E-state index is 0.0556. The van der Waals surface area contributed by atoms with Crippen molar-refractivity contribution in [3.05, 3.63) is 35.6 Å². The highest BCUT2D eigenvalue weighted by atomic mass is 19.1. The lowest BCUT2D eigenvalue weighted by Crippen LogP contribution is -2.32. The Balaban J connectivity index is 2.69. The summed E-state index contributed by atoms with van der Waals surface area (Å²) in [5.41, 5.74) is 1.05. The van der Waals surface area contributed by atoms with Crippen molar-refractivity contribution in [2.45, 2.75) is 32.4 Å². The van der Waals surface area contributed by atoms with Crippen molar-refractivity contribution in [1.82, 2.24) is 5.32 Å². The second-order valence-electron chi connectivity index (χ2n) is 3.76. The van der Waals surface area contributed by atoms with Gasteiger partial charge in [0, 0.05) is 12.1 Å². The quantitative estimate of drug-likeness (QED) is 0.783. The number of aliphatic hydroxyl groups excluding tert-OH is 1. The third-order valence-corrected chi connectivity index (χ3v) is 2.44. The Morgan fingerprint density at radius 2 is 1.93 bits per heavy atom. The van der Waals surface area contributed by atoms with E-state index in [0.717, 1.165) is 12.0 Å². The zero-order valence-corrected chi connectivity index (χ0v) is 9.20. The summed E-state index contributed by atoms with van der Waals surface area (Å²) in [5.74, 6) is -0.219. The molecule has 1 rings (SSSR count). The van der Waals surface area contributed by atoms with Gasteiger partial charge in [0.25, 0.3) is 0 Å². The van der Waals surface area contributed by atoms with E-state index in [2.05, 4.69) is 12.2 Å². The Bertz CT molecular complexity index is 286. The van der Waals surface area contributed by atoms with Crippen LogP contribution in [0.25, 0.3) is 0 Å². The van der Waals surface area contributed by atoms with Crippen molar-refractivity contribution in [3.63, 3.8) is 0 Å². The predicted octanol–water partition coefficient (Wildman–Crippen LogP) is 2.25. The van der Waals surface area contributed by atoms with Crippen LogP contribution in [0.2, 0.25) is 0 Å². The highest BCUT2D eigenvalue weighted by molar-refractivity contribution is 5.19. The third-order valence-electron chi connectivity index (χ3n) is 2.44. The third kappa shape index (κ3) is 3.61. The summed E-state index contributed by atoms with van der Waals surface area (Å²) in [7, 11) is 0. The van der Waals surface area contributed by atoms with E-state index < -0.39 is 0 Å². The van der Waals surface area contributed by atoms with Crippen molar-refractivity contribution >= 4 is 0 Å². The molecule has 84 valence electrons. The summed E-state index contributed by atoms with van der Waals surface area (Å²) in [4.78, 5) is 0. The van der Waals surface area contributed by atoms with Crippen LogP contribution in [0.3, 0.4) is 0 Å². The van der Waals surface area contributed by atoms with Crippen LogP contribution in [0.15, 0.2) is 24.3 Å². The number of benzene rings is 1. The molecule has 0 amide bonds. The number of aliphatic hydroxyl groups is 1. The largest absolute Gasteiger partial charge is 0.395 e. The number of hydrogen-bond acceptors (Lipinski definition) is 2. The van der Waals surface area contributed by atoms with Crippen LogP contribution in [-0.2, 0) is 0 Å². The molecule has 3 heteroatoms. The second kappa shape index (κ2) is 5.83. The molecule has 0 aliphatic rings. The SMILES string of the molecule is CCC(N[C@H](C)CO)c1ccc(F)cc1. The number of rotatable bonds is 5. The first-order valence-corrected chi connectivity index (χ1v) is 5.29. The van der Waals surface area contributed by atoms with Gasteiger partial charge in [0.05, 0.1) is 6.61 Å². The molecule has 0 heterocycles. The molecule has 2 atom stereocenters. The van der Waals surface area contributed by atoms with Gasteiger partial charge in [-0.15, -0.1) is 0 Å². The fraction of sp³-hybridized carbons (Fsp3) is 0.500. The van der Waals surface area contributed by atoms with E-state index >= 15 is 0 Å². The molecule has 0 radical (unpaired) electrons. The molecule has 0 fully saturated rings. The summed E-state index contributed by atoms with van der Waals surface area (Å²) in [6.45, 7) is 4.09. The van der Waals surface area contributed by atoms with Crippen LogP contribution in [0, 0.1) is 5.82 Å². The second-order valence-corrected chi connectivity index (χ2v) is 3.76. The Kier molecular flexibility index (Phi) is 4.72. The number of halogens is 1. The van der Waals surface area contributed by atoms with Gasteiger partial charge in [0.15, 0.2) is 0 Å². The fourth-order valence-corrected chi connectivity index (χ4v) is 1.54. The smallest absolute Gasteiger partial charge is 0.123 e. The molecule has 0 spiro atoms. The van der Waals surface area contributed by atoms with Gasteiger partial charge in [-0.3, -0.25) is 0 Å². The summed E-state index contributed by atoms with van der Waals surface area (Å²) in [6, 6.07) is 6.71. The van der Waals surface area contributed by atoms with E-state index in [4.69, 9.17) is 5.11 Å². The van der Waals surface area contributed by atoms with Crippen LogP contribution >= 0.6 is 0 Å². The molecule has 1 aromatic carbocycles. The summed E-state index contributed by atoms with van der Waals surface area (Å²) < 4.78 is 12.7. The molecule has 1 aromatic rings. The predicted molar refractivity (Wildman–Crippen MR) is 59.1 cm³/mol. The van der Waals surface area contributed by atoms with E-state index in [1.165, 1.54) is 12.1 Å². The molecule has 0 bridgehead atoms. The lowest BCUT2D eigenvalue weighted by atomic mass is 10.0. The normalized spacial score (nSPS) is 14.9. The van der Waals surface area contributed by atoms with Gasteiger partial charge in [-0.1, -0.05) is 19.1 Å². The van der Waals surface area contributed by atoms with Gasteiger partial charge in [-0.05, 0) is 31.0 Å². The topological polar surface area (TPSA) is 32.3 Å². The maximum atomic E-state index is 12.7. The van der Waals surface area contributed by atoms with Crippen molar-refractivity contribution < 1.29 is 9.50 Å². The molecule has 0 aromatic heterocycles. The zero-order chi connectivity index (χ0) is 11.3. The lowest BCUT2D eigenvalue weighted by Gasteiger charge is -2.21. The van der Waals surface area contributed by atoms with Crippen LogP contribution < -0.4 is 5.32 Å². The maximum absolute atomic E-state index is 12.7. The molecule has 2 N–H and O–H groups in total. The Morgan fingerprint density at radius 3 is 2.40 bits per heavy atom. The van der Waals surface area contributed by atoms with E-state index in [1.54, 1.807) is 12.1 Å². The maximum Gasteiger partial charge on any atom is 0.123 e. The van der Waals surface area contributed by atoms with Gasteiger partial charge in [-0.25, -0.2) is 4.39 Å². The van der Waals surface area contributed by atoms with E-state index in [9.17, 15) is 4.39 Å². The van der Waals surface area contributed by atoms with Crippen LogP contribution in [-0.4, -0.2) is 17.8 Å². The molecule has 15 heavy (non-hydrogen) atoms. The summed E-state index contributed by atoms with van der Waals surface area (Å²) >= 11 is 0. The van der Waals surface area contributed by atoms with Crippen molar-refractivity contribution in [1.29, 1.82) is 0 Å². The highest BCUT2D eigenvalue weighted by Gasteiger charge is 2.11. The van der Waals surface area contributed by atoms with E-state index in [-0.39, 0.29) is 24.5 Å². The summed E-state index contributed by atoms with van der Waals surface area (Å²) in [6.07, 6.45) is 0.913. The van der Waals surface area contributed by atoms with Gasteiger partial charge in [-0.2, -0.15) is 0 Å². The highest BCUT2D eigenvalue weighted by Crippen LogP contribution is 2.17. The fourth-order valence-electron chi connectivity index (χ4n) is 1.54. The van der Waals surface area contributed by atoms with Crippen LogP contribution in [0.5, 0.6) is 0 Å². The molecule has 1 unspecified atom stereocenters. The van der Waals surface area contributed by atoms with Gasteiger partial charge in [0.2, 0.25) is 0 Å². The van der Waals surface area contributed by atoms with Crippen molar-refractivity contribution in [2.24, 2.45) is 0 Å². The molecule has 2 nitrogen and oxygen atoms in total. The zero-order valence-electron chi connectivity index (χ0n) is 9.20. The van der Waals surface area contributed by atoms with Gasteiger partial charge >= 0.3 is 0 Å². The lowest BCUT2D eigenvalue weighted by molar-refractivity contribution is 0.239. The first-order valence-electron chi connectivity index (χ1n) is 5.29. The van der Waals surface area contributed by atoms with E-state index in [1.807, 2.05) is 6.92 Å². The molecular formula is C12H18FNO. The molecule has 0 saturated heterocycles. The molecule has 0 aliphatic heterocycles. The first-order chi connectivity index (χ1) is 7.17.